The molecule has 1 aromatic heterocycles. The maximum atomic E-state index is 12.8. The molecule has 0 saturated carbocycles. The van der Waals surface area contributed by atoms with Crippen LogP contribution in [0.3, 0.4) is 0 Å². The molecule has 1 atom stereocenters. The zero-order valence-corrected chi connectivity index (χ0v) is 19.9. The number of morpholine rings is 1. The largest absolute Gasteiger partial charge is 0.379 e. The summed E-state index contributed by atoms with van der Waals surface area (Å²) < 4.78 is 32.2. The fourth-order valence-electron chi connectivity index (χ4n) is 4.04. The summed E-state index contributed by atoms with van der Waals surface area (Å²) >= 11 is 0. The highest BCUT2D eigenvalue weighted by Crippen LogP contribution is 2.21. The Hall–Kier alpha value is -2.53. The SMILES string of the molecule is Cc1ccc(NC(=O)C(C)N2CCN(c3ccc(S(=O)(=O)N4CCOCC4)cn3)CC2)cc1. The van der Waals surface area contributed by atoms with Crippen molar-refractivity contribution in [3.8, 4) is 0 Å². The second kappa shape index (κ2) is 10.2. The second-order valence-electron chi connectivity index (χ2n) is 8.42. The van der Waals surface area contributed by atoms with Crippen molar-refractivity contribution in [2.24, 2.45) is 0 Å². The van der Waals surface area contributed by atoms with Crippen LogP contribution in [0.25, 0.3) is 0 Å². The van der Waals surface area contributed by atoms with E-state index in [9.17, 15) is 13.2 Å². The Kier molecular flexibility index (Phi) is 7.28. The number of nitrogens with one attached hydrogen (secondary N) is 1. The smallest absolute Gasteiger partial charge is 0.244 e. The minimum absolute atomic E-state index is 0.0249. The van der Waals surface area contributed by atoms with Crippen LogP contribution in [0.2, 0.25) is 0 Å². The zero-order valence-electron chi connectivity index (χ0n) is 19.1. The molecule has 0 radical (unpaired) electrons. The number of carbonyl (C=O) groups excluding carboxylic acids is 1. The molecule has 2 aliphatic heterocycles. The fourth-order valence-corrected chi connectivity index (χ4v) is 5.39. The molecule has 1 unspecified atom stereocenters. The number of aryl methyl sites for hydroxylation is 1. The van der Waals surface area contributed by atoms with Gasteiger partial charge in [-0.25, -0.2) is 13.4 Å². The van der Waals surface area contributed by atoms with Crippen LogP contribution in [0.1, 0.15) is 12.5 Å². The summed E-state index contributed by atoms with van der Waals surface area (Å²) in [7, 11) is -3.55. The number of carbonyl (C=O) groups is 1. The van der Waals surface area contributed by atoms with Gasteiger partial charge in [-0.05, 0) is 38.1 Å². The van der Waals surface area contributed by atoms with Crippen molar-refractivity contribution in [3.63, 3.8) is 0 Å². The highest BCUT2D eigenvalue weighted by molar-refractivity contribution is 7.89. The predicted molar refractivity (Wildman–Crippen MR) is 127 cm³/mol. The number of anilines is 2. The minimum Gasteiger partial charge on any atom is -0.379 e. The predicted octanol–water partition coefficient (Wildman–Crippen LogP) is 1.56. The van der Waals surface area contributed by atoms with Gasteiger partial charge in [-0.1, -0.05) is 17.7 Å². The Morgan fingerprint density at radius 3 is 2.27 bits per heavy atom. The molecule has 4 rings (SSSR count). The lowest BCUT2D eigenvalue weighted by molar-refractivity contribution is -0.120. The van der Waals surface area contributed by atoms with E-state index in [2.05, 4.69) is 20.1 Å². The van der Waals surface area contributed by atoms with Gasteiger partial charge in [0.2, 0.25) is 15.9 Å². The summed E-state index contributed by atoms with van der Waals surface area (Å²) in [6.07, 6.45) is 1.43. The number of benzene rings is 1. The Balaban J connectivity index is 1.32. The Morgan fingerprint density at radius 1 is 1.00 bits per heavy atom. The average molecular weight is 474 g/mol. The monoisotopic (exact) mass is 473 g/mol. The van der Waals surface area contributed by atoms with Crippen LogP contribution in [0, 0.1) is 6.92 Å². The normalized spacial score (nSPS) is 19.3. The number of piperazine rings is 1. The van der Waals surface area contributed by atoms with Crippen LogP contribution in [0.4, 0.5) is 11.5 Å². The van der Waals surface area contributed by atoms with Crippen LogP contribution in [0.5, 0.6) is 0 Å². The maximum absolute atomic E-state index is 12.8. The molecular formula is C23H31N5O4S. The summed E-state index contributed by atoms with van der Waals surface area (Å²) in [4.78, 5) is 21.6. The minimum atomic E-state index is -3.55. The molecule has 9 nitrogen and oxygen atoms in total. The lowest BCUT2D eigenvalue weighted by Gasteiger charge is -2.38. The molecule has 1 amide bonds. The van der Waals surface area contributed by atoms with Crippen LogP contribution >= 0.6 is 0 Å². The number of hydrogen-bond acceptors (Lipinski definition) is 7. The first kappa shape index (κ1) is 23.6. The highest BCUT2D eigenvalue weighted by Gasteiger charge is 2.28. The van der Waals surface area contributed by atoms with E-state index < -0.39 is 10.0 Å². The van der Waals surface area contributed by atoms with E-state index in [1.165, 1.54) is 10.5 Å². The molecule has 1 aromatic carbocycles. The van der Waals surface area contributed by atoms with Crippen molar-refractivity contribution in [2.75, 3.05) is 62.7 Å². The number of sulfonamides is 1. The van der Waals surface area contributed by atoms with Gasteiger partial charge in [0.25, 0.3) is 0 Å². The molecule has 3 heterocycles. The molecule has 2 aliphatic rings. The summed E-state index contributed by atoms with van der Waals surface area (Å²) in [5.41, 5.74) is 1.95. The molecule has 2 aromatic rings. The summed E-state index contributed by atoms with van der Waals surface area (Å²) in [5.74, 6) is 0.718. The van der Waals surface area contributed by atoms with E-state index in [0.717, 1.165) is 30.2 Å². The Bertz CT molecular complexity index is 1050. The van der Waals surface area contributed by atoms with Crippen LogP contribution in [0.15, 0.2) is 47.5 Å². The van der Waals surface area contributed by atoms with Gasteiger partial charge in [0.1, 0.15) is 10.7 Å². The van der Waals surface area contributed by atoms with Crippen LogP contribution < -0.4 is 10.2 Å². The lowest BCUT2D eigenvalue weighted by Crippen LogP contribution is -2.53. The first-order valence-corrected chi connectivity index (χ1v) is 12.7. The van der Waals surface area contributed by atoms with E-state index in [4.69, 9.17) is 4.74 Å². The number of rotatable bonds is 6. The molecule has 1 N–H and O–H groups in total. The van der Waals surface area contributed by atoms with Gasteiger partial charge in [-0.15, -0.1) is 0 Å². The summed E-state index contributed by atoms with van der Waals surface area (Å²) in [6, 6.07) is 10.9. The van der Waals surface area contributed by atoms with E-state index in [0.29, 0.717) is 39.4 Å². The Morgan fingerprint density at radius 2 is 1.67 bits per heavy atom. The maximum Gasteiger partial charge on any atom is 0.244 e. The third-order valence-corrected chi connectivity index (χ3v) is 8.10. The number of nitrogens with zero attached hydrogens (tertiary/aromatic N) is 4. The van der Waals surface area contributed by atoms with Gasteiger partial charge < -0.3 is 15.0 Å². The Labute approximate surface area is 195 Å². The first-order valence-electron chi connectivity index (χ1n) is 11.2. The van der Waals surface area contributed by atoms with Gasteiger partial charge >= 0.3 is 0 Å². The van der Waals surface area contributed by atoms with Crippen molar-refractivity contribution in [1.29, 1.82) is 0 Å². The molecule has 0 bridgehead atoms. The molecular weight excluding hydrogens is 442 g/mol. The molecule has 2 fully saturated rings. The second-order valence-corrected chi connectivity index (χ2v) is 10.4. The van der Waals surface area contributed by atoms with Gasteiger partial charge in [-0.3, -0.25) is 9.69 Å². The number of aromatic nitrogens is 1. The molecule has 10 heteroatoms. The summed E-state index contributed by atoms with van der Waals surface area (Å²) in [5, 5.41) is 2.98. The van der Waals surface area contributed by atoms with E-state index in [-0.39, 0.29) is 16.8 Å². The quantitative estimate of drug-likeness (QED) is 0.680. The molecule has 2 saturated heterocycles. The highest BCUT2D eigenvalue weighted by atomic mass is 32.2. The first-order chi connectivity index (χ1) is 15.8. The average Bonchev–Trinajstić information content (AvgIpc) is 2.85. The molecule has 0 aliphatic carbocycles. The van der Waals surface area contributed by atoms with Gasteiger partial charge in [0.05, 0.1) is 19.3 Å². The lowest BCUT2D eigenvalue weighted by atomic mass is 10.2. The van der Waals surface area contributed by atoms with E-state index in [1.54, 1.807) is 12.1 Å². The molecule has 33 heavy (non-hydrogen) atoms. The third kappa shape index (κ3) is 5.52. The van der Waals surface area contributed by atoms with Crippen molar-refractivity contribution < 1.29 is 17.9 Å². The van der Waals surface area contributed by atoms with Gasteiger partial charge in [0.15, 0.2) is 0 Å². The van der Waals surface area contributed by atoms with Crippen molar-refractivity contribution in [3.05, 3.63) is 48.2 Å². The molecule has 178 valence electrons. The van der Waals surface area contributed by atoms with Crippen LogP contribution in [-0.4, -0.2) is 87.0 Å². The van der Waals surface area contributed by atoms with Crippen molar-refractivity contribution >= 4 is 27.4 Å². The number of pyridine rings is 1. The number of amides is 1. The zero-order chi connectivity index (χ0) is 23.4. The summed E-state index contributed by atoms with van der Waals surface area (Å²) in [6.45, 7) is 8.35. The van der Waals surface area contributed by atoms with Crippen LogP contribution in [-0.2, 0) is 19.6 Å². The van der Waals surface area contributed by atoms with Crippen molar-refractivity contribution in [1.82, 2.24) is 14.2 Å². The standard InChI is InChI=1S/C23H31N5O4S/c1-18-3-5-20(6-4-18)25-23(29)19(2)26-9-11-27(12-10-26)22-8-7-21(17-24-22)33(30,31)28-13-15-32-16-14-28/h3-8,17,19H,9-16H2,1-2H3,(H,25,29). The van der Waals surface area contributed by atoms with E-state index >= 15 is 0 Å². The third-order valence-electron chi connectivity index (χ3n) is 6.21. The van der Waals surface area contributed by atoms with Gasteiger partial charge in [-0.2, -0.15) is 4.31 Å². The topological polar surface area (TPSA) is 95.1 Å². The number of hydrogen-bond donors (Lipinski definition) is 1. The van der Waals surface area contributed by atoms with Gasteiger partial charge in [0, 0.05) is 51.2 Å². The van der Waals surface area contributed by atoms with Crippen molar-refractivity contribution in [2.45, 2.75) is 24.8 Å². The number of ether oxygens (including phenoxy) is 1. The van der Waals surface area contributed by atoms with E-state index in [1.807, 2.05) is 38.1 Å². The molecule has 0 spiro atoms. The fraction of sp³-hybridized carbons (Fsp3) is 0.478.